The molecule has 0 aliphatic heterocycles. The number of carbonyl (C=O) groups excluding carboxylic acids is 1. The fourth-order valence-electron chi connectivity index (χ4n) is 4.94. The van der Waals surface area contributed by atoms with Crippen LogP contribution in [0.4, 0.5) is 17.5 Å². The minimum absolute atomic E-state index is 0.135. The van der Waals surface area contributed by atoms with Crippen LogP contribution in [0, 0.1) is 16.7 Å². The van der Waals surface area contributed by atoms with Gasteiger partial charge in [-0.05, 0) is 37.5 Å². The molecule has 2 bridgehead atoms. The van der Waals surface area contributed by atoms with Crippen molar-refractivity contribution in [3.8, 4) is 0 Å². The van der Waals surface area contributed by atoms with Gasteiger partial charge < -0.3 is 16.4 Å². The van der Waals surface area contributed by atoms with Gasteiger partial charge >= 0.3 is 0 Å². The SMILES string of the molecule is CCn1cc(Nc2ncc(Cl)c(NC3CCC4(C(N)=O)CC3C4(C)C)n2)cn1. The van der Waals surface area contributed by atoms with Gasteiger partial charge in [0, 0.05) is 18.8 Å². The third-order valence-electron chi connectivity index (χ3n) is 6.85. The maximum Gasteiger partial charge on any atom is 0.229 e. The Labute approximate surface area is 169 Å². The molecule has 3 aliphatic rings. The minimum atomic E-state index is -0.378. The number of rotatable bonds is 6. The number of aromatic nitrogens is 4. The maximum absolute atomic E-state index is 12.0. The van der Waals surface area contributed by atoms with E-state index >= 15 is 0 Å². The molecule has 5 rings (SSSR count). The summed E-state index contributed by atoms with van der Waals surface area (Å²) < 4.78 is 1.82. The average molecular weight is 404 g/mol. The zero-order valence-corrected chi connectivity index (χ0v) is 17.1. The van der Waals surface area contributed by atoms with E-state index in [1.54, 1.807) is 12.4 Å². The Bertz CT molecular complexity index is 907. The molecule has 3 atom stereocenters. The van der Waals surface area contributed by atoms with Crippen LogP contribution in [0.25, 0.3) is 0 Å². The molecule has 3 aliphatic carbocycles. The van der Waals surface area contributed by atoms with E-state index in [0.717, 1.165) is 31.5 Å². The average Bonchev–Trinajstić information content (AvgIpc) is 3.11. The van der Waals surface area contributed by atoms with Crippen LogP contribution in [0.3, 0.4) is 0 Å². The van der Waals surface area contributed by atoms with Gasteiger partial charge in [0.15, 0.2) is 5.82 Å². The quantitative estimate of drug-likeness (QED) is 0.683. The summed E-state index contributed by atoms with van der Waals surface area (Å²) in [5.74, 6) is 1.23. The molecule has 0 saturated heterocycles. The van der Waals surface area contributed by atoms with Crippen molar-refractivity contribution in [2.24, 2.45) is 22.5 Å². The molecule has 4 N–H and O–H groups in total. The number of amides is 1. The summed E-state index contributed by atoms with van der Waals surface area (Å²) in [6, 6.07) is 0.194. The van der Waals surface area contributed by atoms with Gasteiger partial charge in [0.25, 0.3) is 0 Å². The summed E-state index contributed by atoms with van der Waals surface area (Å²) >= 11 is 6.35. The number of fused-ring (bicyclic) bond motifs is 2. The fraction of sp³-hybridized carbons (Fsp3) is 0.579. The summed E-state index contributed by atoms with van der Waals surface area (Å²) in [4.78, 5) is 20.9. The van der Waals surface area contributed by atoms with Gasteiger partial charge in [-0.2, -0.15) is 10.1 Å². The molecular formula is C19H26ClN7O. The highest BCUT2D eigenvalue weighted by Gasteiger charge is 2.67. The molecule has 2 heterocycles. The Morgan fingerprint density at radius 1 is 1.43 bits per heavy atom. The van der Waals surface area contributed by atoms with Crippen LogP contribution in [0.1, 0.15) is 40.0 Å². The number of nitrogens with one attached hydrogen (secondary N) is 2. The molecule has 0 aromatic carbocycles. The zero-order chi connectivity index (χ0) is 20.1. The maximum atomic E-state index is 12.0. The smallest absolute Gasteiger partial charge is 0.229 e. The number of halogens is 1. The third kappa shape index (κ3) is 2.82. The van der Waals surface area contributed by atoms with Crippen LogP contribution >= 0.6 is 11.6 Å². The predicted octanol–water partition coefficient (Wildman–Crippen LogP) is 3.18. The molecule has 1 amide bonds. The largest absolute Gasteiger partial charge is 0.369 e. The Kier molecular flexibility index (Phi) is 4.49. The third-order valence-corrected chi connectivity index (χ3v) is 7.12. The van der Waals surface area contributed by atoms with Gasteiger partial charge in [0.1, 0.15) is 5.02 Å². The molecule has 9 heteroatoms. The summed E-state index contributed by atoms with van der Waals surface area (Å²) in [6.45, 7) is 7.09. The summed E-state index contributed by atoms with van der Waals surface area (Å²) in [6.07, 6.45) is 7.68. The van der Waals surface area contributed by atoms with Crippen molar-refractivity contribution in [2.45, 2.75) is 52.6 Å². The molecule has 2 aromatic rings. The highest BCUT2D eigenvalue weighted by Crippen LogP contribution is 2.67. The Morgan fingerprint density at radius 3 is 2.82 bits per heavy atom. The second-order valence-electron chi connectivity index (χ2n) is 8.37. The Morgan fingerprint density at radius 2 is 2.21 bits per heavy atom. The number of nitrogens with two attached hydrogens (primary N) is 1. The number of carbonyl (C=O) groups is 1. The summed E-state index contributed by atoms with van der Waals surface area (Å²) in [5, 5.41) is 11.4. The van der Waals surface area contributed by atoms with Crippen molar-refractivity contribution in [1.29, 1.82) is 0 Å². The second-order valence-corrected chi connectivity index (χ2v) is 8.78. The number of anilines is 3. The number of hydrogen-bond donors (Lipinski definition) is 3. The monoisotopic (exact) mass is 403 g/mol. The van der Waals surface area contributed by atoms with Gasteiger partial charge in [0.05, 0.1) is 23.5 Å². The first-order valence-electron chi connectivity index (χ1n) is 9.65. The van der Waals surface area contributed by atoms with E-state index in [-0.39, 0.29) is 22.8 Å². The van der Waals surface area contributed by atoms with E-state index in [0.29, 0.717) is 22.7 Å². The Balaban J connectivity index is 1.50. The van der Waals surface area contributed by atoms with Crippen LogP contribution in [-0.4, -0.2) is 31.7 Å². The molecule has 150 valence electrons. The lowest BCUT2D eigenvalue weighted by Gasteiger charge is -2.66. The Hall–Kier alpha value is -2.35. The highest BCUT2D eigenvalue weighted by molar-refractivity contribution is 6.32. The van der Waals surface area contributed by atoms with E-state index in [1.165, 1.54) is 0 Å². The fourth-order valence-corrected chi connectivity index (χ4v) is 5.08. The number of primary amides is 1. The highest BCUT2D eigenvalue weighted by atomic mass is 35.5. The first-order chi connectivity index (χ1) is 13.3. The van der Waals surface area contributed by atoms with Crippen LogP contribution in [-0.2, 0) is 11.3 Å². The van der Waals surface area contributed by atoms with Crippen molar-refractivity contribution in [1.82, 2.24) is 19.7 Å². The van der Waals surface area contributed by atoms with Crippen LogP contribution in [0.5, 0.6) is 0 Å². The molecule has 2 aromatic heterocycles. The van der Waals surface area contributed by atoms with E-state index in [9.17, 15) is 4.79 Å². The van der Waals surface area contributed by atoms with Crippen LogP contribution in [0.2, 0.25) is 5.02 Å². The molecule has 3 fully saturated rings. The van der Waals surface area contributed by atoms with Crippen molar-refractivity contribution >= 4 is 35.0 Å². The van der Waals surface area contributed by atoms with Gasteiger partial charge in [-0.1, -0.05) is 25.4 Å². The molecule has 8 nitrogen and oxygen atoms in total. The first kappa shape index (κ1) is 19.0. The van der Waals surface area contributed by atoms with Gasteiger partial charge in [-0.25, -0.2) is 4.98 Å². The molecular weight excluding hydrogens is 378 g/mol. The normalized spacial score (nSPS) is 27.7. The second kappa shape index (κ2) is 6.62. The van der Waals surface area contributed by atoms with Gasteiger partial charge in [-0.15, -0.1) is 0 Å². The first-order valence-corrected chi connectivity index (χ1v) is 10.0. The van der Waals surface area contributed by atoms with E-state index in [4.69, 9.17) is 17.3 Å². The summed E-state index contributed by atoms with van der Waals surface area (Å²) in [7, 11) is 0. The molecule has 28 heavy (non-hydrogen) atoms. The minimum Gasteiger partial charge on any atom is -0.369 e. The lowest BCUT2D eigenvalue weighted by molar-refractivity contribution is -0.182. The van der Waals surface area contributed by atoms with Gasteiger partial charge in [-0.3, -0.25) is 9.48 Å². The lowest BCUT2D eigenvalue weighted by atomic mass is 9.38. The number of aryl methyl sites for hydroxylation is 1. The lowest BCUT2D eigenvalue weighted by Crippen LogP contribution is -2.68. The standard InChI is InChI=1S/C19H26ClN7O/c1-4-27-10-11(8-23-27)24-17-22-9-13(20)15(26-17)25-14-5-6-19(16(21)28)7-12(14)18(19,2)3/h8-10,12,14H,4-7H2,1-3H3,(H2,21,28)(H2,22,24,25,26). The predicted molar refractivity (Wildman–Crippen MR) is 108 cm³/mol. The van der Waals surface area contributed by atoms with E-state index < -0.39 is 0 Å². The van der Waals surface area contributed by atoms with Gasteiger partial charge in [0.2, 0.25) is 11.9 Å². The molecule has 0 radical (unpaired) electrons. The van der Waals surface area contributed by atoms with Crippen LogP contribution < -0.4 is 16.4 Å². The van der Waals surface area contributed by atoms with E-state index in [1.807, 2.05) is 17.8 Å². The molecule has 0 spiro atoms. The van der Waals surface area contributed by atoms with Crippen molar-refractivity contribution < 1.29 is 4.79 Å². The zero-order valence-electron chi connectivity index (χ0n) is 16.4. The van der Waals surface area contributed by atoms with Crippen molar-refractivity contribution in [3.63, 3.8) is 0 Å². The molecule has 3 saturated carbocycles. The van der Waals surface area contributed by atoms with Crippen molar-refractivity contribution in [2.75, 3.05) is 10.6 Å². The van der Waals surface area contributed by atoms with E-state index in [2.05, 4.69) is 39.5 Å². The van der Waals surface area contributed by atoms with Crippen molar-refractivity contribution in [3.05, 3.63) is 23.6 Å². The number of hydrogen-bond acceptors (Lipinski definition) is 6. The summed E-state index contributed by atoms with van der Waals surface area (Å²) in [5.41, 5.74) is 6.03. The number of nitrogens with zero attached hydrogens (tertiary/aromatic N) is 4. The topological polar surface area (TPSA) is 111 Å². The molecule has 3 unspecified atom stereocenters. The van der Waals surface area contributed by atoms with Crippen LogP contribution in [0.15, 0.2) is 18.6 Å².